The normalized spacial score (nSPS) is 10.9. The van der Waals surface area contributed by atoms with Gasteiger partial charge >= 0.3 is 0 Å². The third kappa shape index (κ3) is 2.41. The van der Waals surface area contributed by atoms with Crippen molar-refractivity contribution in [2.24, 2.45) is 0 Å². The monoisotopic (exact) mass is 224 g/mol. The predicted octanol–water partition coefficient (Wildman–Crippen LogP) is 5.09. The third-order valence-corrected chi connectivity index (χ3v) is 3.28. The van der Waals surface area contributed by atoms with Crippen molar-refractivity contribution in [1.29, 1.82) is 0 Å². The van der Waals surface area contributed by atoms with Crippen molar-refractivity contribution in [3.8, 4) is 11.1 Å². The average molecular weight is 224 g/mol. The largest absolute Gasteiger partial charge is 0.0622 e. The molecule has 0 saturated carbocycles. The quantitative estimate of drug-likeness (QED) is 0.666. The van der Waals surface area contributed by atoms with E-state index in [1.54, 1.807) is 0 Å². The summed E-state index contributed by atoms with van der Waals surface area (Å²) in [6, 6.07) is 15.3. The minimum atomic E-state index is 0.595. The summed E-state index contributed by atoms with van der Waals surface area (Å²) < 4.78 is 0. The number of hydrogen-bond acceptors (Lipinski definition) is 0. The van der Waals surface area contributed by atoms with Crippen molar-refractivity contribution in [2.75, 3.05) is 0 Å². The summed E-state index contributed by atoms with van der Waals surface area (Å²) in [6.45, 7) is 8.91. The molecule has 2 rings (SSSR count). The molecule has 2 aromatic rings. The van der Waals surface area contributed by atoms with Crippen LogP contribution >= 0.6 is 0 Å². The Bertz CT molecular complexity index is 484. The Kier molecular flexibility index (Phi) is 3.33. The van der Waals surface area contributed by atoms with Crippen LogP contribution < -0.4 is 0 Å². The lowest BCUT2D eigenvalue weighted by molar-refractivity contribution is 0.863. The van der Waals surface area contributed by atoms with Crippen LogP contribution in [0.3, 0.4) is 0 Å². The summed E-state index contributed by atoms with van der Waals surface area (Å²) in [5, 5.41) is 0. The second-order valence-corrected chi connectivity index (χ2v) is 5.05. The fraction of sp³-hybridized carbons (Fsp3) is 0.294. The van der Waals surface area contributed by atoms with Crippen LogP contribution in [0.15, 0.2) is 42.5 Å². The Morgan fingerprint density at radius 3 is 1.82 bits per heavy atom. The van der Waals surface area contributed by atoms with Crippen molar-refractivity contribution in [3.63, 3.8) is 0 Å². The van der Waals surface area contributed by atoms with Gasteiger partial charge in [-0.2, -0.15) is 0 Å². The van der Waals surface area contributed by atoms with E-state index in [0.29, 0.717) is 5.92 Å². The van der Waals surface area contributed by atoms with Gasteiger partial charge in [0.15, 0.2) is 0 Å². The van der Waals surface area contributed by atoms with Crippen LogP contribution in [0.1, 0.15) is 36.5 Å². The smallest absolute Gasteiger partial charge is 0.0125 e. The first-order chi connectivity index (χ1) is 8.09. The second kappa shape index (κ2) is 4.75. The molecule has 0 N–H and O–H groups in total. The average Bonchev–Trinajstić information content (AvgIpc) is 2.29. The number of benzene rings is 2. The molecule has 0 saturated heterocycles. The first-order valence-corrected chi connectivity index (χ1v) is 6.26. The Morgan fingerprint density at radius 1 is 0.824 bits per heavy atom. The third-order valence-electron chi connectivity index (χ3n) is 3.28. The van der Waals surface area contributed by atoms with Gasteiger partial charge in [-0.25, -0.2) is 0 Å². The van der Waals surface area contributed by atoms with Crippen molar-refractivity contribution >= 4 is 0 Å². The highest BCUT2D eigenvalue weighted by atomic mass is 14.1. The zero-order valence-electron chi connectivity index (χ0n) is 11.1. The van der Waals surface area contributed by atoms with Crippen LogP contribution in [0.5, 0.6) is 0 Å². The molecule has 0 spiro atoms. The lowest BCUT2D eigenvalue weighted by atomic mass is 9.90. The van der Waals surface area contributed by atoms with Crippen LogP contribution in [0, 0.1) is 13.8 Å². The summed E-state index contributed by atoms with van der Waals surface area (Å²) in [6.07, 6.45) is 0. The van der Waals surface area contributed by atoms with Crippen LogP contribution in [0.25, 0.3) is 11.1 Å². The molecule has 0 aliphatic rings. The molecule has 0 radical (unpaired) electrons. The summed E-state index contributed by atoms with van der Waals surface area (Å²) in [7, 11) is 0. The molecule has 0 bridgehead atoms. The van der Waals surface area contributed by atoms with E-state index in [9.17, 15) is 0 Å². The van der Waals surface area contributed by atoms with Gasteiger partial charge in [0.25, 0.3) is 0 Å². The van der Waals surface area contributed by atoms with Gasteiger partial charge in [0.05, 0.1) is 0 Å². The molecular formula is C17H20. The molecule has 2 aromatic carbocycles. The standard InChI is InChI=1S/C17H20/c1-12(2)16-10-13(3)17(14(4)11-16)15-8-6-5-7-9-15/h5-12H,1-4H3. The molecule has 0 heteroatoms. The van der Waals surface area contributed by atoms with Gasteiger partial charge in [0.2, 0.25) is 0 Å². The van der Waals surface area contributed by atoms with E-state index < -0.39 is 0 Å². The van der Waals surface area contributed by atoms with Crippen LogP contribution in [-0.2, 0) is 0 Å². The maximum Gasteiger partial charge on any atom is -0.0125 e. The molecule has 0 heterocycles. The zero-order chi connectivity index (χ0) is 12.4. The second-order valence-electron chi connectivity index (χ2n) is 5.05. The topological polar surface area (TPSA) is 0 Å². The summed E-state index contributed by atoms with van der Waals surface area (Å²) in [4.78, 5) is 0. The SMILES string of the molecule is Cc1cc(C(C)C)cc(C)c1-c1ccccc1. The van der Waals surface area contributed by atoms with E-state index in [2.05, 4.69) is 70.2 Å². The van der Waals surface area contributed by atoms with Gasteiger partial charge in [-0.3, -0.25) is 0 Å². The first-order valence-electron chi connectivity index (χ1n) is 6.26. The van der Waals surface area contributed by atoms with E-state index >= 15 is 0 Å². The van der Waals surface area contributed by atoms with Crippen molar-refractivity contribution < 1.29 is 0 Å². The van der Waals surface area contributed by atoms with E-state index in [1.165, 1.54) is 27.8 Å². The minimum absolute atomic E-state index is 0.595. The first kappa shape index (κ1) is 11.9. The summed E-state index contributed by atoms with van der Waals surface area (Å²) in [5.41, 5.74) is 6.88. The summed E-state index contributed by atoms with van der Waals surface area (Å²) in [5.74, 6) is 0.595. The maximum absolute atomic E-state index is 2.32. The van der Waals surface area contributed by atoms with Crippen molar-refractivity contribution in [2.45, 2.75) is 33.6 Å². The molecule has 0 nitrogen and oxygen atoms in total. The molecule has 0 amide bonds. The van der Waals surface area contributed by atoms with Crippen molar-refractivity contribution in [1.82, 2.24) is 0 Å². The fourth-order valence-electron chi connectivity index (χ4n) is 2.39. The molecule has 0 unspecified atom stereocenters. The maximum atomic E-state index is 2.32. The number of aryl methyl sites for hydroxylation is 2. The molecule has 0 fully saturated rings. The Morgan fingerprint density at radius 2 is 1.35 bits per heavy atom. The minimum Gasteiger partial charge on any atom is -0.0622 e. The Hall–Kier alpha value is -1.56. The molecule has 0 aromatic heterocycles. The van der Waals surface area contributed by atoms with Gasteiger partial charge in [-0.05, 0) is 47.6 Å². The Labute approximate surface area is 104 Å². The van der Waals surface area contributed by atoms with Gasteiger partial charge in [-0.1, -0.05) is 56.3 Å². The van der Waals surface area contributed by atoms with Gasteiger partial charge in [-0.15, -0.1) is 0 Å². The van der Waals surface area contributed by atoms with Crippen LogP contribution in [0.2, 0.25) is 0 Å². The highest BCUT2D eigenvalue weighted by Gasteiger charge is 2.08. The molecule has 88 valence electrons. The predicted molar refractivity (Wildman–Crippen MR) is 75.4 cm³/mol. The van der Waals surface area contributed by atoms with E-state index in [1.807, 2.05) is 0 Å². The van der Waals surface area contributed by atoms with Gasteiger partial charge < -0.3 is 0 Å². The fourth-order valence-corrected chi connectivity index (χ4v) is 2.39. The lowest BCUT2D eigenvalue weighted by Gasteiger charge is -2.14. The molecule has 0 aliphatic heterocycles. The van der Waals surface area contributed by atoms with Gasteiger partial charge in [0, 0.05) is 0 Å². The Balaban J connectivity index is 2.57. The van der Waals surface area contributed by atoms with Gasteiger partial charge in [0.1, 0.15) is 0 Å². The van der Waals surface area contributed by atoms with Crippen molar-refractivity contribution in [3.05, 3.63) is 59.2 Å². The lowest BCUT2D eigenvalue weighted by Crippen LogP contribution is -1.94. The molecule has 17 heavy (non-hydrogen) atoms. The van der Waals surface area contributed by atoms with Crippen LogP contribution in [-0.4, -0.2) is 0 Å². The zero-order valence-corrected chi connectivity index (χ0v) is 11.1. The number of hydrogen-bond donors (Lipinski definition) is 0. The number of rotatable bonds is 2. The highest BCUT2D eigenvalue weighted by Crippen LogP contribution is 2.30. The molecule has 0 aliphatic carbocycles. The summed E-state index contributed by atoms with van der Waals surface area (Å²) >= 11 is 0. The molecular weight excluding hydrogens is 204 g/mol. The van der Waals surface area contributed by atoms with E-state index in [4.69, 9.17) is 0 Å². The van der Waals surface area contributed by atoms with E-state index in [0.717, 1.165) is 0 Å². The van der Waals surface area contributed by atoms with Crippen LogP contribution in [0.4, 0.5) is 0 Å². The highest BCUT2D eigenvalue weighted by molar-refractivity contribution is 5.71. The van der Waals surface area contributed by atoms with E-state index in [-0.39, 0.29) is 0 Å². The molecule has 0 atom stereocenters.